The number of hydrogen-bond acceptors (Lipinski definition) is 6. The molecular formula is C19H26N6O2S. The molecule has 0 aliphatic carbocycles. The summed E-state index contributed by atoms with van der Waals surface area (Å²) in [6, 6.07) is 9.02. The van der Waals surface area contributed by atoms with Crippen molar-refractivity contribution in [1.29, 1.82) is 0 Å². The number of hydrogen-bond donors (Lipinski definition) is 2. The Morgan fingerprint density at radius 1 is 1.11 bits per heavy atom. The van der Waals surface area contributed by atoms with E-state index in [2.05, 4.69) is 20.4 Å². The van der Waals surface area contributed by atoms with Crippen LogP contribution in [0.25, 0.3) is 5.69 Å². The van der Waals surface area contributed by atoms with Gasteiger partial charge in [0.1, 0.15) is 0 Å². The number of carbonyl (C=O) groups is 2. The van der Waals surface area contributed by atoms with Crippen LogP contribution >= 0.6 is 11.8 Å². The van der Waals surface area contributed by atoms with Crippen LogP contribution in [0.4, 0.5) is 10.7 Å². The van der Waals surface area contributed by atoms with Gasteiger partial charge in [-0.25, -0.2) is 4.79 Å². The van der Waals surface area contributed by atoms with E-state index in [-0.39, 0.29) is 5.92 Å². The normalized spacial score (nSPS) is 15.5. The van der Waals surface area contributed by atoms with Crippen LogP contribution in [-0.2, 0) is 4.79 Å². The van der Waals surface area contributed by atoms with Crippen LogP contribution in [0.15, 0.2) is 35.5 Å². The Morgan fingerprint density at radius 3 is 2.39 bits per heavy atom. The van der Waals surface area contributed by atoms with E-state index in [9.17, 15) is 9.59 Å². The standard InChI is InChI=1S/C19H26N6O2S/c1-13(2)15(16(26)21-17(20)27)28-19-23-22-18(24-11-7-4-8-12-24)25(19)14-9-5-3-6-10-14/h3,5-6,9-10,13,15H,4,7-8,11-12H2,1-2H3,(H3,20,21,26,27)/t15-/m1/s1. The van der Waals surface area contributed by atoms with Gasteiger partial charge < -0.3 is 10.6 Å². The molecule has 0 bridgehead atoms. The van der Waals surface area contributed by atoms with Gasteiger partial charge in [0.15, 0.2) is 5.16 Å². The number of carbonyl (C=O) groups excluding carboxylic acids is 2. The van der Waals surface area contributed by atoms with Gasteiger partial charge in [-0.3, -0.25) is 14.7 Å². The predicted octanol–water partition coefficient (Wildman–Crippen LogP) is 2.57. The highest BCUT2D eigenvalue weighted by Gasteiger charge is 2.29. The molecule has 1 aromatic heterocycles. The van der Waals surface area contributed by atoms with Crippen LogP contribution in [0.5, 0.6) is 0 Å². The van der Waals surface area contributed by atoms with Crippen molar-refractivity contribution in [2.24, 2.45) is 11.7 Å². The number of piperidine rings is 1. The maximum Gasteiger partial charge on any atom is 0.318 e. The topological polar surface area (TPSA) is 106 Å². The minimum absolute atomic E-state index is 0.0243. The van der Waals surface area contributed by atoms with Gasteiger partial charge in [0.25, 0.3) is 0 Å². The number of benzene rings is 1. The molecule has 9 heteroatoms. The number of nitrogens with zero attached hydrogens (tertiary/aromatic N) is 4. The summed E-state index contributed by atoms with van der Waals surface area (Å²) < 4.78 is 1.99. The summed E-state index contributed by atoms with van der Waals surface area (Å²) in [5.74, 6) is 0.338. The Morgan fingerprint density at radius 2 is 1.79 bits per heavy atom. The van der Waals surface area contributed by atoms with Crippen molar-refractivity contribution >= 4 is 29.6 Å². The molecule has 1 aliphatic heterocycles. The highest BCUT2D eigenvalue weighted by molar-refractivity contribution is 8.00. The fourth-order valence-corrected chi connectivity index (χ4v) is 4.28. The number of nitrogens with two attached hydrogens (primary N) is 1. The number of anilines is 1. The second-order valence-electron chi connectivity index (χ2n) is 7.14. The Balaban J connectivity index is 1.96. The zero-order chi connectivity index (χ0) is 20.1. The first kappa shape index (κ1) is 20.2. The Bertz CT molecular complexity index is 817. The summed E-state index contributed by atoms with van der Waals surface area (Å²) in [4.78, 5) is 25.8. The molecule has 8 nitrogen and oxygen atoms in total. The molecular weight excluding hydrogens is 376 g/mol. The monoisotopic (exact) mass is 402 g/mol. The van der Waals surface area contributed by atoms with E-state index < -0.39 is 17.2 Å². The van der Waals surface area contributed by atoms with Gasteiger partial charge in [-0.15, -0.1) is 10.2 Å². The summed E-state index contributed by atoms with van der Waals surface area (Å²) in [5, 5.41) is 11.1. The molecule has 0 unspecified atom stereocenters. The number of para-hydroxylation sites is 1. The van der Waals surface area contributed by atoms with Gasteiger partial charge in [-0.2, -0.15) is 0 Å². The van der Waals surface area contributed by atoms with Crippen molar-refractivity contribution in [2.45, 2.75) is 43.5 Å². The first-order chi connectivity index (χ1) is 13.5. The number of nitrogens with one attached hydrogen (secondary N) is 1. The van der Waals surface area contributed by atoms with E-state index in [1.54, 1.807) is 0 Å². The first-order valence-electron chi connectivity index (χ1n) is 9.50. The molecule has 3 amide bonds. The number of amides is 3. The van der Waals surface area contributed by atoms with Crippen LogP contribution in [0, 0.1) is 5.92 Å². The number of thioether (sulfide) groups is 1. The lowest BCUT2D eigenvalue weighted by atomic mass is 10.1. The van der Waals surface area contributed by atoms with Crippen LogP contribution in [0.1, 0.15) is 33.1 Å². The molecule has 1 aliphatic rings. The zero-order valence-corrected chi connectivity index (χ0v) is 17.0. The van der Waals surface area contributed by atoms with Crippen LogP contribution in [-0.4, -0.2) is 45.0 Å². The molecule has 28 heavy (non-hydrogen) atoms. The Hall–Kier alpha value is -2.55. The quantitative estimate of drug-likeness (QED) is 0.719. The molecule has 1 saturated heterocycles. The molecule has 0 spiro atoms. The second kappa shape index (κ2) is 9.09. The Kier molecular flexibility index (Phi) is 6.56. The molecule has 0 radical (unpaired) electrons. The number of primary amides is 1. The average molecular weight is 403 g/mol. The van der Waals surface area contributed by atoms with Crippen LogP contribution in [0.2, 0.25) is 0 Å². The van der Waals surface area contributed by atoms with E-state index >= 15 is 0 Å². The van der Waals surface area contributed by atoms with Crippen LogP contribution < -0.4 is 16.0 Å². The number of aromatic nitrogens is 3. The summed E-state index contributed by atoms with van der Waals surface area (Å²) in [6.45, 7) is 5.72. The third-order valence-corrected chi connectivity index (χ3v) is 6.10. The van der Waals surface area contributed by atoms with Crippen molar-refractivity contribution in [1.82, 2.24) is 20.1 Å². The summed E-state index contributed by atoms with van der Waals surface area (Å²) in [7, 11) is 0. The lowest BCUT2D eigenvalue weighted by Crippen LogP contribution is -2.42. The van der Waals surface area contributed by atoms with E-state index in [4.69, 9.17) is 5.73 Å². The highest BCUT2D eigenvalue weighted by atomic mass is 32.2. The van der Waals surface area contributed by atoms with Crippen molar-refractivity contribution in [3.05, 3.63) is 30.3 Å². The van der Waals surface area contributed by atoms with Gasteiger partial charge in [-0.05, 0) is 37.3 Å². The van der Waals surface area contributed by atoms with E-state index in [0.29, 0.717) is 5.16 Å². The van der Waals surface area contributed by atoms with Crippen molar-refractivity contribution in [2.75, 3.05) is 18.0 Å². The van der Waals surface area contributed by atoms with Gasteiger partial charge >= 0.3 is 6.03 Å². The first-order valence-corrected chi connectivity index (χ1v) is 10.4. The lowest BCUT2D eigenvalue weighted by molar-refractivity contribution is -0.120. The van der Waals surface area contributed by atoms with E-state index in [1.807, 2.05) is 48.7 Å². The van der Waals surface area contributed by atoms with Crippen molar-refractivity contribution in [3.8, 4) is 5.69 Å². The fraction of sp³-hybridized carbons (Fsp3) is 0.474. The highest BCUT2D eigenvalue weighted by Crippen LogP contribution is 2.32. The SMILES string of the molecule is CC(C)[C@@H](Sc1nnc(N2CCCCC2)n1-c1ccccc1)C(=O)NC(N)=O. The zero-order valence-electron chi connectivity index (χ0n) is 16.2. The van der Waals surface area contributed by atoms with Crippen molar-refractivity contribution < 1.29 is 9.59 Å². The second-order valence-corrected chi connectivity index (χ2v) is 8.25. The maximum absolute atomic E-state index is 12.5. The molecule has 3 N–H and O–H groups in total. The van der Waals surface area contributed by atoms with Gasteiger partial charge in [-0.1, -0.05) is 43.8 Å². The fourth-order valence-electron chi connectivity index (χ4n) is 3.24. The molecule has 1 fully saturated rings. The van der Waals surface area contributed by atoms with Crippen molar-refractivity contribution in [3.63, 3.8) is 0 Å². The number of urea groups is 1. The van der Waals surface area contributed by atoms with E-state index in [0.717, 1.165) is 37.6 Å². The molecule has 150 valence electrons. The third-order valence-electron chi connectivity index (χ3n) is 4.61. The van der Waals surface area contributed by atoms with Gasteiger partial charge in [0.2, 0.25) is 11.9 Å². The molecule has 1 aromatic carbocycles. The predicted molar refractivity (Wildman–Crippen MR) is 110 cm³/mol. The molecule has 0 saturated carbocycles. The number of rotatable bonds is 6. The van der Waals surface area contributed by atoms with E-state index in [1.165, 1.54) is 18.2 Å². The van der Waals surface area contributed by atoms with Gasteiger partial charge in [0.05, 0.1) is 10.9 Å². The third kappa shape index (κ3) is 4.64. The van der Waals surface area contributed by atoms with Crippen LogP contribution in [0.3, 0.4) is 0 Å². The molecule has 3 rings (SSSR count). The summed E-state index contributed by atoms with van der Waals surface area (Å²) >= 11 is 1.30. The summed E-state index contributed by atoms with van der Waals surface area (Å²) in [6.07, 6.45) is 3.47. The number of imide groups is 1. The average Bonchev–Trinajstić information content (AvgIpc) is 3.10. The molecule has 2 aromatic rings. The van der Waals surface area contributed by atoms with Gasteiger partial charge in [0, 0.05) is 13.1 Å². The molecule has 1 atom stereocenters. The molecule has 2 heterocycles. The summed E-state index contributed by atoms with van der Waals surface area (Å²) in [5.41, 5.74) is 6.07. The smallest absolute Gasteiger partial charge is 0.318 e. The minimum atomic E-state index is -0.852. The Labute approximate surface area is 168 Å². The largest absolute Gasteiger partial charge is 0.351 e. The lowest BCUT2D eigenvalue weighted by Gasteiger charge is -2.28. The minimum Gasteiger partial charge on any atom is -0.351 e. The maximum atomic E-state index is 12.5.